The van der Waals surface area contributed by atoms with Crippen LogP contribution in [0.3, 0.4) is 0 Å². The van der Waals surface area contributed by atoms with Crippen molar-refractivity contribution in [2.45, 2.75) is 82.8 Å². The van der Waals surface area contributed by atoms with Crippen molar-refractivity contribution >= 4 is 17.7 Å². The highest BCUT2D eigenvalue weighted by molar-refractivity contribution is 5.95. The van der Waals surface area contributed by atoms with E-state index >= 15 is 0 Å². The molecule has 9 nitrogen and oxygen atoms in total. The lowest BCUT2D eigenvalue weighted by Crippen LogP contribution is -2.65. The van der Waals surface area contributed by atoms with Gasteiger partial charge in [-0.25, -0.2) is 9.59 Å². The Morgan fingerprint density at radius 2 is 1.44 bits per heavy atom. The summed E-state index contributed by atoms with van der Waals surface area (Å²) in [6, 6.07) is 24.7. The molecule has 1 heterocycles. The van der Waals surface area contributed by atoms with E-state index in [4.69, 9.17) is 23.7 Å². The summed E-state index contributed by atoms with van der Waals surface area (Å²) in [5.41, 5.74) is -2.24. The van der Waals surface area contributed by atoms with Crippen molar-refractivity contribution in [1.82, 2.24) is 0 Å². The number of Topliss-reactive ketones (excluding diaryl/α,β-unsaturated/α-hetero) is 1. The molecule has 0 spiro atoms. The van der Waals surface area contributed by atoms with E-state index in [2.05, 4.69) is 6.58 Å². The van der Waals surface area contributed by atoms with Gasteiger partial charge in [0.1, 0.15) is 18.0 Å². The molecular formula is C41H44O9. The minimum Gasteiger partial charge on any atom is -0.497 e. The van der Waals surface area contributed by atoms with E-state index < -0.39 is 70.8 Å². The summed E-state index contributed by atoms with van der Waals surface area (Å²) >= 11 is 0. The van der Waals surface area contributed by atoms with Gasteiger partial charge >= 0.3 is 11.9 Å². The van der Waals surface area contributed by atoms with E-state index in [9.17, 15) is 19.5 Å². The zero-order chi connectivity index (χ0) is 35.4. The third kappa shape index (κ3) is 5.47. The molecule has 0 aromatic heterocycles. The fourth-order valence-corrected chi connectivity index (χ4v) is 9.08. The lowest BCUT2D eigenvalue weighted by Gasteiger charge is -2.54. The van der Waals surface area contributed by atoms with Crippen LogP contribution in [0.5, 0.6) is 5.75 Å². The first-order chi connectivity index (χ1) is 23.9. The Kier molecular flexibility index (Phi) is 8.73. The molecule has 8 rings (SSSR count). The monoisotopic (exact) mass is 680 g/mol. The second-order valence-corrected chi connectivity index (χ2v) is 14.9. The molecule has 4 aliphatic carbocycles. The molecule has 0 unspecified atom stereocenters. The van der Waals surface area contributed by atoms with Gasteiger partial charge in [-0.05, 0) is 62.1 Å². The predicted molar refractivity (Wildman–Crippen MR) is 183 cm³/mol. The van der Waals surface area contributed by atoms with Gasteiger partial charge in [-0.2, -0.15) is 0 Å². The maximum Gasteiger partial charge on any atom is 0.338 e. The number of rotatable bonds is 6. The number of esters is 2. The lowest BCUT2D eigenvalue weighted by atomic mass is 9.56. The average molecular weight is 681 g/mol. The molecule has 1 saturated heterocycles. The van der Waals surface area contributed by atoms with Crippen LogP contribution in [0, 0.1) is 22.7 Å². The summed E-state index contributed by atoms with van der Waals surface area (Å²) < 4.78 is 32.0. The number of carbonyl (C=O) groups is 3. The van der Waals surface area contributed by atoms with E-state index in [0.717, 1.165) is 5.56 Å². The van der Waals surface area contributed by atoms with Crippen molar-refractivity contribution in [2.24, 2.45) is 22.7 Å². The summed E-state index contributed by atoms with van der Waals surface area (Å²) in [6.45, 7) is 10.1. The molecule has 5 fully saturated rings. The van der Waals surface area contributed by atoms with Gasteiger partial charge in [-0.1, -0.05) is 81.5 Å². The van der Waals surface area contributed by atoms with Crippen molar-refractivity contribution in [3.63, 3.8) is 0 Å². The van der Waals surface area contributed by atoms with Crippen LogP contribution < -0.4 is 4.74 Å². The maximum absolute atomic E-state index is 14.8. The first kappa shape index (κ1) is 34.2. The number of carbonyl (C=O) groups excluding carboxylic acids is 3. The quantitative estimate of drug-likeness (QED) is 0.226. The van der Waals surface area contributed by atoms with E-state index in [0.29, 0.717) is 36.1 Å². The first-order valence-electron chi connectivity index (χ1n) is 17.3. The minimum absolute atomic E-state index is 0.0424. The van der Waals surface area contributed by atoms with Gasteiger partial charge in [0.2, 0.25) is 0 Å². The van der Waals surface area contributed by atoms with E-state index in [-0.39, 0.29) is 17.9 Å². The van der Waals surface area contributed by atoms with E-state index in [1.165, 1.54) is 0 Å². The summed E-state index contributed by atoms with van der Waals surface area (Å²) in [5.74, 6) is -2.18. The molecule has 262 valence electrons. The normalized spacial score (nSPS) is 34.4. The van der Waals surface area contributed by atoms with Crippen molar-refractivity contribution in [1.29, 1.82) is 0 Å². The molecule has 9 heteroatoms. The first-order valence-corrected chi connectivity index (χ1v) is 17.3. The number of methoxy groups -OCH3 is 1. The van der Waals surface area contributed by atoms with Gasteiger partial charge in [0.05, 0.1) is 30.4 Å². The Labute approximate surface area is 292 Å². The number of ether oxygens (including phenoxy) is 5. The highest BCUT2D eigenvalue weighted by Gasteiger charge is 2.71. The van der Waals surface area contributed by atoms with Crippen LogP contribution in [0.1, 0.15) is 79.0 Å². The van der Waals surface area contributed by atoms with Crippen LogP contribution >= 0.6 is 0 Å². The van der Waals surface area contributed by atoms with Gasteiger partial charge in [0, 0.05) is 28.2 Å². The smallest absolute Gasteiger partial charge is 0.338 e. The standard InChI is InChI=1S/C41H44O9/c1-24-16-21-30(47-35(42)25-12-8-6-9-13-25)40(4)31(24)33(49-36(43)26-14-10-7-11-15-26)41(45)23-22-29(39(2,3)38(41)44)32-34(40)50-37(48-32)27-17-19-28(46-5)20-18-27/h6-15,17-20,29-34,37,45H,1,16,21-23H2,2-5H3/t29-,30+,31+,32-,33+,34+,37-,40-,41-/m1/s1. The highest BCUT2D eigenvalue weighted by atomic mass is 16.7. The van der Waals surface area contributed by atoms with Crippen LogP contribution in [-0.2, 0) is 23.7 Å². The Morgan fingerprint density at radius 1 is 0.840 bits per heavy atom. The molecule has 0 radical (unpaired) electrons. The van der Waals surface area contributed by atoms with Gasteiger partial charge in [0.25, 0.3) is 0 Å². The average Bonchev–Trinajstić information content (AvgIpc) is 3.58. The summed E-state index contributed by atoms with van der Waals surface area (Å²) in [7, 11) is 1.60. The van der Waals surface area contributed by atoms with Crippen molar-refractivity contribution < 1.29 is 43.2 Å². The summed E-state index contributed by atoms with van der Waals surface area (Å²) in [5, 5.41) is 12.7. The number of fused-ring (bicyclic) bond motifs is 2. The predicted octanol–water partition coefficient (Wildman–Crippen LogP) is 6.65. The molecule has 2 bridgehead atoms. The SMILES string of the molecule is C=C1CC[C@H](OC(=O)c2ccccc2)[C@@]2(C)[C@H]3O[C@H](c4ccc(OC)cc4)O[C@@H]3[C@H]3CC[C@](O)(C(=O)C3(C)C)[C@@H](OC(=O)c3ccccc3)[C@H]12. The number of hydrogen-bond acceptors (Lipinski definition) is 9. The molecule has 4 saturated carbocycles. The van der Waals surface area contributed by atoms with Crippen molar-refractivity contribution in [3.8, 4) is 5.75 Å². The fraction of sp³-hybridized carbons (Fsp3) is 0.439. The Morgan fingerprint density at radius 3 is 2.04 bits per heavy atom. The second-order valence-electron chi connectivity index (χ2n) is 14.9. The van der Waals surface area contributed by atoms with Crippen LogP contribution in [0.4, 0.5) is 0 Å². The third-order valence-electron chi connectivity index (χ3n) is 11.8. The largest absolute Gasteiger partial charge is 0.497 e. The molecule has 1 aliphatic heterocycles. The lowest BCUT2D eigenvalue weighted by molar-refractivity contribution is -0.196. The van der Waals surface area contributed by atoms with Crippen LogP contribution in [0.2, 0.25) is 0 Å². The zero-order valence-electron chi connectivity index (χ0n) is 28.9. The number of hydrogen-bond donors (Lipinski definition) is 1. The molecule has 3 aromatic carbocycles. The van der Waals surface area contributed by atoms with Crippen LogP contribution in [-0.4, -0.2) is 60.0 Å². The zero-order valence-corrected chi connectivity index (χ0v) is 28.9. The molecule has 5 aliphatic rings. The van der Waals surface area contributed by atoms with Crippen LogP contribution in [0.15, 0.2) is 97.1 Å². The summed E-state index contributed by atoms with van der Waals surface area (Å²) in [4.78, 5) is 42.4. The van der Waals surface area contributed by atoms with E-state index in [1.807, 2.05) is 51.1 Å². The third-order valence-corrected chi connectivity index (χ3v) is 11.8. The second kappa shape index (κ2) is 12.8. The number of ketones is 1. The van der Waals surface area contributed by atoms with Gasteiger partial charge in [0.15, 0.2) is 17.7 Å². The Hall–Kier alpha value is -4.31. The molecule has 3 aromatic rings. The molecular weight excluding hydrogens is 636 g/mol. The van der Waals surface area contributed by atoms with Gasteiger partial charge < -0.3 is 28.8 Å². The Bertz CT molecular complexity index is 1770. The minimum atomic E-state index is -2.06. The number of aliphatic hydroxyl groups is 1. The fourth-order valence-electron chi connectivity index (χ4n) is 9.08. The maximum atomic E-state index is 14.8. The molecule has 1 N–H and O–H groups in total. The van der Waals surface area contributed by atoms with E-state index in [1.54, 1.807) is 61.7 Å². The molecule has 9 atom stereocenters. The topological polar surface area (TPSA) is 118 Å². The van der Waals surface area contributed by atoms with Crippen molar-refractivity contribution in [3.05, 3.63) is 114 Å². The van der Waals surface area contributed by atoms with Gasteiger partial charge in [-0.3, -0.25) is 4.79 Å². The van der Waals surface area contributed by atoms with Gasteiger partial charge in [-0.15, -0.1) is 0 Å². The van der Waals surface area contributed by atoms with Crippen molar-refractivity contribution in [2.75, 3.05) is 7.11 Å². The number of benzene rings is 3. The molecule has 0 amide bonds. The van der Waals surface area contributed by atoms with Crippen LogP contribution in [0.25, 0.3) is 0 Å². The summed E-state index contributed by atoms with van der Waals surface area (Å²) in [6.07, 6.45) is -3.11. The highest BCUT2D eigenvalue weighted by Crippen LogP contribution is 2.62. The molecule has 50 heavy (non-hydrogen) atoms. The Balaban J connectivity index is 1.40.